The minimum Gasteiger partial charge on any atom is -0.469 e. The number of rotatable bonds is 10. The molecule has 6 heteroatoms. The van der Waals surface area contributed by atoms with Crippen LogP contribution in [0.15, 0.2) is 30.3 Å². The van der Waals surface area contributed by atoms with Crippen molar-refractivity contribution in [2.24, 2.45) is 11.8 Å². The van der Waals surface area contributed by atoms with E-state index in [4.69, 9.17) is 23.7 Å². The third-order valence-electron chi connectivity index (χ3n) is 6.20. The van der Waals surface area contributed by atoms with Crippen LogP contribution in [0.3, 0.4) is 0 Å². The molecule has 1 unspecified atom stereocenters. The highest BCUT2D eigenvalue weighted by Gasteiger charge is 2.55. The Morgan fingerprint density at radius 3 is 2.43 bits per heavy atom. The van der Waals surface area contributed by atoms with Crippen molar-refractivity contribution < 1.29 is 28.5 Å². The number of hydrogen-bond donors (Lipinski definition) is 0. The second-order valence-electron chi connectivity index (χ2n) is 8.97. The van der Waals surface area contributed by atoms with Gasteiger partial charge in [0.05, 0.1) is 19.1 Å². The van der Waals surface area contributed by atoms with E-state index in [0.717, 1.165) is 32.1 Å². The Bertz CT molecular complexity index is 676. The van der Waals surface area contributed by atoms with Crippen molar-refractivity contribution in [3.63, 3.8) is 0 Å². The van der Waals surface area contributed by atoms with Gasteiger partial charge in [-0.15, -0.1) is 0 Å². The number of hydrogen-bond acceptors (Lipinski definition) is 6. The molecule has 2 fully saturated rings. The number of benzene rings is 1. The number of esters is 1. The van der Waals surface area contributed by atoms with Crippen molar-refractivity contribution in [1.29, 1.82) is 0 Å². The zero-order chi connectivity index (χ0) is 21.7. The van der Waals surface area contributed by atoms with Crippen molar-refractivity contribution in [3.8, 4) is 0 Å². The monoisotopic (exact) mass is 420 g/mol. The first-order valence-corrected chi connectivity index (χ1v) is 11.0. The van der Waals surface area contributed by atoms with Crippen LogP contribution in [0.5, 0.6) is 0 Å². The standard InChI is InChI=1S/C24H36O6/c1-16(22(25)26-4)11-12-18(14-13-17-9-7-6-8-10-17)15-19-20-21(23(27-5)28-19)30-24(2,3)29-20/h6-10,16,18-21,23H,11-15H2,1-5H3/t16-,18+,19+,20-,21?,23+/m0/s1. The van der Waals surface area contributed by atoms with Crippen molar-refractivity contribution in [1.82, 2.24) is 0 Å². The molecule has 0 saturated carbocycles. The first-order chi connectivity index (χ1) is 14.3. The van der Waals surface area contributed by atoms with Gasteiger partial charge in [-0.05, 0) is 57.4 Å². The Morgan fingerprint density at radius 1 is 1.07 bits per heavy atom. The first-order valence-electron chi connectivity index (χ1n) is 11.0. The number of aryl methyl sites for hydroxylation is 1. The first kappa shape index (κ1) is 23.2. The summed E-state index contributed by atoms with van der Waals surface area (Å²) in [7, 11) is 3.09. The van der Waals surface area contributed by atoms with Crippen LogP contribution in [0.1, 0.15) is 52.0 Å². The van der Waals surface area contributed by atoms with Crippen LogP contribution in [0.25, 0.3) is 0 Å². The molecule has 0 amide bonds. The summed E-state index contributed by atoms with van der Waals surface area (Å²) in [5, 5.41) is 0. The largest absolute Gasteiger partial charge is 0.469 e. The third-order valence-corrected chi connectivity index (χ3v) is 6.20. The van der Waals surface area contributed by atoms with Crippen LogP contribution in [0.4, 0.5) is 0 Å². The molecule has 1 aromatic carbocycles. The highest BCUT2D eigenvalue weighted by Crippen LogP contribution is 2.41. The van der Waals surface area contributed by atoms with Gasteiger partial charge in [-0.3, -0.25) is 4.79 Å². The minimum atomic E-state index is -0.632. The SMILES string of the molecule is COC(=O)[C@@H](C)CC[C@H](CCc1ccccc1)C[C@H]1O[C@@H](OC)C2OC(C)(C)O[C@H]21. The van der Waals surface area contributed by atoms with Gasteiger partial charge in [0.25, 0.3) is 0 Å². The van der Waals surface area contributed by atoms with E-state index >= 15 is 0 Å². The van der Waals surface area contributed by atoms with Gasteiger partial charge in [-0.1, -0.05) is 37.3 Å². The quantitative estimate of drug-likeness (QED) is 0.531. The predicted molar refractivity (Wildman–Crippen MR) is 113 cm³/mol. The fourth-order valence-corrected chi connectivity index (χ4v) is 4.55. The van der Waals surface area contributed by atoms with Gasteiger partial charge < -0.3 is 23.7 Å². The molecule has 2 aliphatic rings. The molecule has 2 aliphatic heterocycles. The fourth-order valence-electron chi connectivity index (χ4n) is 4.55. The molecule has 0 aromatic heterocycles. The highest BCUT2D eigenvalue weighted by molar-refractivity contribution is 5.71. The number of ether oxygens (including phenoxy) is 5. The van der Waals surface area contributed by atoms with E-state index in [1.54, 1.807) is 7.11 Å². The maximum atomic E-state index is 11.9. The molecule has 0 bridgehead atoms. The van der Waals surface area contributed by atoms with E-state index < -0.39 is 12.1 Å². The number of carbonyl (C=O) groups excluding carboxylic acids is 1. The lowest BCUT2D eigenvalue weighted by molar-refractivity contribution is -0.228. The molecule has 0 N–H and O–H groups in total. The molecular weight excluding hydrogens is 384 g/mol. The Kier molecular flexibility index (Phi) is 7.91. The molecule has 30 heavy (non-hydrogen) atoms. The third kappa shape index (κ3) is 5.82. The van der Waals surface area contributed by atoms with Gasteiger partial charge in [-0.2, -0.15) is 0 Å². The predicted octanol–water partition coefficient (Wildman–Crippen LogP) is 4.11. The van der Waals surface area contributed by atoms with Crippen LogP contribution < -0.4 is 0 Å². The van der Waals surface area contributed by atoms with Gasteiger partial charge in [0.15, 0.2) is 12.1 Å². The average Bonchev–Trinajstić information content (AvgIpc) is 3.22. The van der Waals surface area contributed by atoms with E-state index in [1.807, 2.05) is 26.8 Å². The van der Waals surface area contributed by atoms with Crippen LogP contribution in [0.2, 0.25) is 0 Å². The van der Waals surface area contributed by atoms with Crippen LogP contribution >= 0.6 is 0 Å². The molecular formula is C24H36O6. The molecule has 6 atom stereocenters. The highest BCUT2D eigenvalue weighted by atomic mass is 16.8. The van der Waals surface area contributed by atoms with Gasteiger partial charge in [0, 0.05) is 7.11 Å². The second-order valence-corrected chi connectivity index (χ2v) is 8.97. The lowest BCUT2D eigenvalue weighted by atomic mass is 9.86. The molecule has 2 heterocycles. The maximum absolute atomic E-state index is 11.9. The summed E-state index contributed by atoms with van der Waals surface area (Å²) in [4.78, 5) is 11.9. The summed E-state index contributed by atoms with van der Waals surface area (Å²) in [6.45, 7) is 5.79. The Hall–Kier alpha value is -1.47. The van der Waals surface area contributed by atoms with Crippen LogP contribution in [0, 0.1) is 11.8 Å². The normalized spacial score (nSPS) is 29.4. The minimum absolute atomic E-state index is 0.0871. The van der Waals surface area contributed by atoms with E-state index in [9.17, 15) is 4.79 Å². The van der Waals surface area contributed by atoms with Gasteiger partial charge in [-0.25, -0.2) is 0 Å². The molecule has 0 radical (unpaired) electrons. The molecule has 0 aliphatic carbocycles. The van der Waals surface area contributed by atoms with Crippen molar-refractivity contribution in [2.75, 3.05) is 14.2 Å². The summed E-state index contributed by atoms with van der Waals surface area (Å²) < 4.78 is 28.8. The van der Waals surface area contributed by atoms with Crippen molar-refractivity contribution in [2.45, 2.75) is 83.3 Å². The fraction of sp³-hybridized carbons (Fsp3) is 0.708. The number of methoxy groups -OCH3 is 2. The smallest absolute Gasteiger partial charge is 0.308 e. The maximum Gasteiger partial charge on any atom is 0.308 e. The topological polar surface area (TPSA) is 63.2 Å². The lowest BCUT2D eigenvalue weighted by Crippen LogP contribution is -2.31. The number of fused-ring (bicyclic) bond motifs is 1. The van der Waals surface area contributed by atoms with Crippen molar-refractivity contribution >= 4 is 5.97 Å². The van der Waals surface area contributed by atoms with Gasteiger partial charge >= 0.3 is 5.97 Å². The Labute approximate surface area is 180 Å². The van der Waals surface area contributed by atoms with E-state index in [1.165, 1.54) is 12.7 Å². The zero-order valence-corrected chi connectivity index (χ0v) is 18.8. The summed E-state index contributed by atoms with van der Waals surface area (Å²) in [6.07, 6.45) is 3.75. The Morgan fingerprint density at radius 2 is 1.77 bits per heavy atom. The molecule has 0 spiro atoms. The van der Waals surface area contributed by atoms with E-state index in [0.29, 0.717) is 5.92 Å². The average molecular weight is 421 g/mol. The molecule has 6 nitrogen and oxygen atoms in total. The molecule has 3 rings (SSSR count). The van der Waals surface area contributed by atoms with Crippen LogP contribution in [-0.2, 0) is 34.9 Å². The van der Waals surface area contributed by atoms with Crippen molar-refractivity contribution in [3.05, 3.63) is 35.9 Å². The second kappa shape index (κ2) is 10.2. The van der Waals surface area contributed by atoms with E-state index in [2.05, 4.69) is 24.3 Å². The zero-order valence-electron chi connectivity index (χ0n) is 18.8. The van der Waals surface area contributed by atoms with Gasteiger partial charge in [0.2, 0.25) is 0 Å². The lowest BCUT2D eigenvalue weighted by Gasteiger charge is -2.26. The van der Waals surface area contributed by atoms with E-state index in [-0.39, 0.29) is 30.2 Å². The molecule has 1 aromatic rings. The van der Waals surface area contributed by atoms with Gasteiger partial charge in [0.1, 0.15) is 12.2 Å². The summed E-state index contributed by atoms with van der Waals surface area (Å²) in [5.74, 6) is -0.496. The number of carbonyl (C=O) groups is 1. The molecule has 2 saturated heterocycles. The Balaban J connectivity index is 1.65. The summed E-state index contributed by atoms with van der Waals surface area (Å²) in [6, 6.07) is 10.5. The molecule has 168 valence electrons. The van der Waals surface area contributed by atoms with Crippen LogP contribution in [-0.4, -0.2) is 50.6 Å². The summed E-state index contributed by atoms with van der Waals surface area (Å²) >= 11 is 0. The summed E-state index contributed by atoms with van der Waals surface area (Å²) in [5.41, 5.74) is 1.32.